The van der Waals surface area contributed by atoms with Gasteiger partial charge >= 0.3 is 0 Å². The third kappa shape index (κ3) is 4.57. The lowest BCUT2D eigenvalue weighted by atomic mass is 10.1. The molecular formula is C14H29N3. The molecule has 1 atom stereocenters. The third-order valence-electron chi connectivity index (χ3n) is 4.18. The van der Waals surface area contributed by atoms with Gasteiger partial charge in [0.25, 0.3) is 0 Å². The number of piperidine rings is 1. The smallest absolute Gasteiger partial charge is 0.0198 e. The number of hydrogen-bond donors (Lipinski definition) is 1. The first kappa shape index (κ1) is 13.3. The van der Waals surface area contributed by atoms with Gasteiger partial charge in [-0.25, -0.2) is 0 Å². The van der Waals surface area contributed by atoms with Crippen LogP contribution in [0.25, 0.3) is 0 Å². The number of likely N-dealkylation sites (N-methyl/N-ethyl adjacent to an activating group) is 1. The number of nitrogens with one attached hydrogen (secondary N) is 1. The average Bonchev–Trinajstić information content (AvgIpc) is 3.15. The molecule has 100 valence electrons. The molecule has 1 saturated carbocycles. The predicted molar refractivity (Wildman–Crippen MR) is 73.4 cm³/mol. The van der Waals surface area contributed by atoms with Crippen molar-refractivity contribution < 1.29 is 0 Å². The lowest BCUT2D eigenvalue weighted by Crippen LogP contribution is -2.48. The highest BCUT2D eigenvalue weighted by molar-refractivity contribution is 4.88. The van der Waals surface area contributed by atoms with E-state index in [1.807, 2.05) is 0 Å². The summed E-state index contributed by atoms with van der Waals surface area (Å²) in [6.45, 7) is 12.0. The summed E-state index contributed by atoms with van der Waals surface area (Å²) < 4.78 is 0. The maximum atomic E-state index is 3.78. The van der Waals surface area contributed by atoms with Crippen molar-refractivity contribution in [1.29, 1.82) is 0 Å². The van der Waals surface area contributed by atoms with E-state index in [2.05, 4.69) is 29.0 Å². The Morgan fingerprint density at radius 3 is 2.53 bits per heavy atom. The molecule has 1 unspecified atom stereocenters. The number of likely N-dealkylation sites (tertiary alicyclic amines) is 1. The number of hydrogen-bond acceptors (Lipinski definition) is 3. The molecule has 0 aromatic rings. The van der Waals surface area contributed by atoms with Gasteiger partial charge in [-0.05, 0) is 45.3 Å². The van der Waals surface area contributed by atoms with E-state index in [0.29, 0.717) is 0 Å². The van der Waals surface area contributed by atoms with Gasteiger partial charge in [0.2, 0.25) is 0 Å². The monoisotopic (exact) mass is 239 g/mol. The molecule has 17 heavy (non-hydrogen) atoms. The van der Waals surface area contributed by atoms with Crippen molar-refractivity contribution in [3.8, 4) is 0 Å². The van der Waals surface area contributed by atoms with Crippen LogP contribution >= 0.6 is 0 Å². The predicted octanol–water partition coefficient (Wildman–Crippen LogP) is 1.54. The molecule has 0 aromatic heterocycles. The molecule has 1 aliphatic carbocycles. The molecule has 0 amide bonds. The Hall–Kier alpha value is -0.120. The first-order chi connectivity index (χ1) is 8.31. The topological polar surface area (TPSA) is 18.5 Å². The number of rotatable bonds is 7. The Kier molecular flexibility index (Phi) is 5.26. The Labute approximate surface area is 107 Å². The van der Waals surface area contributed by atoms with Crippen LogP contribution in [-0.2, 0) is 0 Å². The van der Waals surface area contributed by atoms with Gasteiger partial charge in [-0.3, -0.25) is 0 Å². The van der Waals surface area contributed by atoms with E-state index in [9.17, 15) is 0 Å². The molecule has 2 fully saturated rings. The van der Waals surface area contributed by atoms with Gasteiger partial charge in [0.1, 0.15) is 0 Å². The van der Waals surface area contributed by atoms with Gasteiger partial charge in [-0.2, -0.15) is 0 Å². The first-order valence-corrected chi connectivity index (χ1v) is 7.52. The summed E-state index contributed by atoms with van der Waals surface area (Å²) in [5.41, 5.74) is 0. The Balaban J connectivity index is 1.65. The van der Waals surface area contributed by atoms with Crippen molar-refractivity contribution in [3.05, 3.63) is 0 Å². The second kappa shape index (κ2) is 6.72. The molecule has 2 aliphatic rings. The van der Waals surface area contributed by atoms with Gasteiger partial charge in [0.05, 0.1) is 0 Å². The minimum absolute atomic E-state index is 0.771. The zero-order chi connectivity index (χ0) is 12.1. The quantitative estimate of drug-likeness (QED) is 0.727. The minimum Gasteiger partial charge on any atom is -0.310 e. The fraction of sp³-hybridized carbons (Fsp3) is 1.00. The standard InChI is InChI=1S/C14H29N3/c1-3-16(4-2)10-11-17-9-5-6-14(12-17)15-13-7-8-13/h13-15H,3-12H2,1-2H3. The SMILES string of the molecule is CCN(CC)CCN1CCCC(NC2CC2)C1. The number of nitrogens with zero attached hydrogens (tertiary/aromatic N) is 2. The van der Waals surface area contributed by atoms with Gasteiger partial charge in [-0.15, -0.1) is 0 Å². The molecule has 3 nitrogen and oxygen atoms in total. The summed E-state index contributed by atoms with van der Waals surface area (Å²) in [6.07, 6.45) is 5.59. The lowest BCUT2D eigenvalue weighted by Gasteiger charge is -2.34. The van der Waals surface area contributed by atoms with E-state index in [0.717, 1.165) is 12.1 Å². The van der Waals surface area contributed by atoms with Crippen molar-refractivity contribution in [2.45, 2.75) is 51.6 Å². The van der Waals surface area contributed by atoms with E-state index >= 15 is 0 Å². The fourth-order valence-corrected chi connectivity index (χ4v) is 2.80. The van der Waals surface area contributed by atoms with Crippen molar-refractivity contribution in [1.82, 2.24) is 15.1 Å². The highest BCUT2D eigenvalue weighted by Gasteiger charge is 2.27. The van der Waals surface area contributed by atoms with Crippen LogP contribution in [0.15, 0.2) is 0 Å². The van der Waals surface area contributed by atoms with Crippen LogP contribution < -0.4 is 5.32 Å². The highest BCUT2D eigenvalue weighted by atomic mass is 15.2. The van der Waals surface area contributed by atoms with Crippen LogP contribution in [0.2, 0.25) is 0 Å². The highest BCUT2D eigenvalue weighted by Crippen LogP contribution is 2.21. The zero-order valence-corrected chi connectivity index (χ0v) is 11.6. The molecule has 1 aliphatic heterocycles. The second-order valence-electron chi connectivity index (χ2n) is 5.61. The van der Waals surface area contributed by atoms with Crippen molar-refractivity contribution in [3.63, 3.8) is 0 Å². The molecule has 1 heterocycles. The maximum Gasteiger partial charge on any atom is 0.0198 e. The molecule has 2 rings (SSSR count). The van der Waals surface area contributed by atoms with Crippen LogP contribution in [0.4, 0.5) is 0 Å². The molecule has 0 radical (unpaired) electrons. The summed E-state index contributed by atoms with van der Waals surface area (Å²) in [5, 5.41) is 3.78. The van der Waals surface area contributed by atoms with Crippen LogP contribution in [0.3, 0.4) is 0 Å². The van der Waals surface area contributed by atoms with Crippen molar-refractivity contribution in [2.75, 3.05) is 39.3 Å². The largest absolute Gasteiger partial charge is 0.310 e. The lowest BCUT2D eigenvalue weighted by molar-refractivity contribution is 0.163. The molecule has 0 spiro atoms. The molecule has 3 heteroatoms. The van der Waals surface area contributed by atoms with Gasteiger partial charge < -0.3 is 15.1 Å². The average molecular weight is 239 g/mol. The minimum atomic E-state index is 0.771. The first-order valence-electron chi connectivity index (χ1n) is 7.52. The molecular weight excluding hydrogens is 210 g/mol. The van der Waals surface area contributed by atoms with Crippen molar-refractivity contribution >= 4 is 0 Å². The molecule has 1 N–H and O–H groups in total. The zero-order valence-electron chi connectivity index (χ0n) is 11.6. The van der Waals surface area contributed by atoms with Crippen LogP contribution in [0.1, 0.15) is 39.5 Å². The summed E-state index contributed by atoms with van der Waals surface area (Å²) in [4.78, 5) is 5.18. The summed E-state index contributed by atoms with van der Waals surface area (Å²) >= 11 is 0. The summed E-state index contributed by atoms with van der Waals surface area (Å²) in [5.74, 6) is 0. The van der Waals surface area contributed by atoms with E-state index in [1.54, 1.807) is 0 Å². The van der Waals surface area contributed by atoms with Gasteiger partial charge in [-0.1, -0.05) is 13.8 Å². The molecule has 0 aromatic carbocycles. The third-order valence-corrected chi connectivity index (χ3v) is 4.18. The van der Waals surface area contributed by atoms with Gasteiger partial charge in [0, 0.05) is 31.7 Å². The Morgan fingerprint density at radius 2 is 1.88 bits per heavy atom. The van der Waals surface area contributed by atoms with Crippen LogP contribution in [0, 0.1) is 0 Å². The van der Waals surface area contributed by atoms with E-state index < -0.39 is 0 Å². The van der Waals surface area contributed by atoms with Crippen LogP contribution in [0.5, 0.6) is 0 Å². The second-order valence-corrected chi connectivity index (χ2v) is 5.61. The van der Waals surface area contributed by atoms with Crippen molar-refractivity contribution in [2.24, 2.45) is 0 Å². The Bertz CT molecular complexity index is 212. The normalized spacial score (nSPS) is 26.6. The van der Waals surface area contributed by atoms with E-state index in [-0.39, 0.29) is 0 Å². The molecule has 1 saturated heterocycles. The van der Waals surface area contributed by atoms with E-state index in [4.69, 9.17) is 0 Å². The summed E-state index contributed by atoms with van der Waals surface area (Å²) in [7, 11) is 0. The fourth-order valence-electron chi connectivity index (χ4n) is 2.80. The summed E-state index contributed by atoms with van der Waals surface area (Å²) in [6, 6.07) is 1.63. The molecule has 0 bridgehead atoms. The van der Waals surface area contributed by atoms with Gasteiger partial charge in [0.15, 0.2) is 0 Å². The maximum absolute atomic E-state index is 3.78. The van der Waals surface area contributed by atoms with E-state index in [1.165, 1.54) is 65.0 Å². The van der Waals surface area contributed by atoms with Crippen LogP contribution in [-0.4, -0.2) is 61.2 Å². The Morgan fingerprint density at radius 1 is 1.12 bits per heavy atom.